The first-order valence-corrected chi connectivity index (χ1v) is 6.36. The summed E-state index contributed by atoms with van der Waals surface area (Å²) in [5, 5.41) is 9.31. The minimum Gasteiger partial charge on any atom is -0.508 e. The number of aromatic hydroxyl groups is 1. The maximum Gasteiger partial charge on any atom is 0.115 e. The fourth-order valence-corrected chi connectivity index (χ4v) is 2.50. The summed E-state index contributed by atoms with van der Waals surface area (Å²) in [6.45, 7) is 0. The second-order valence-electron chi connectivity index (χ2n) is 4.83. The molecule has 1 unspecified atom stereocenters. The summed E-state index contributed by atoms with van der Waals surface area (Å²) in [5.41, 5.74) is 4.05. The molecule has 1 atom stereocenters. The van der Waals surface area contributed by atoms with Crippen molar-refractivity contribution in [3.8, 4) is 5.75 Å². The lowest BCUT2D eigenvalue weighted by atomic mass is 9.77. The Hall–Kier alpha value is -2.02. The van der Waals surface area contributed by atoms with Gasteiger partial charge in [0.1, 0.15) is 5.75 Å². The summed E-state index contributed by atoms with van der Waals surface area (Å²) < 4.78 is 0. The highest BCUT2D eigenvalue weighted by molar-refractivity contribution is 5.72. The van der Waals surface area contributed by atoms with E-state index in [4.69, 9.17) is 0 Å². The second-order valence-corrected chi connectivity index (χ2v) is 4.83. The zero-order valence-electron chi connectivity index (χ0n) is 10.2. The Labute approximate surface area is 107 Å². The van der Waals surface area contributed by atoms with Gasteiger partial charge in [-0.15, -0.1) is 0 Å². The van der Waals surface area contributed by atoms with Crippen molar-refractivity contribution in [3.63, 3.8) is 0 Å². The minimum atomic E-state index is 0.332. The lowest BCUT2D eigenvalue weighted by molar-refractivity contribution is 0.475. The minimum absolute atomic E-state index is 0.332. The molecule has 1 aliphatic rings. The van der Waals surface area contributed by atoms with Crippen LogP contribution in [-0.2, 0) is 6.42 Å². The van der Waals surface area contributed by atoms with Gasteiger partial charge in [-0.2, -0.15) is 0 Å². The predicted octanol–water partition coefficient (Wildman–Crippen LogP) is 4.04. The number of allylic oxidation sites excluding steroid dienone is 2. The number of rotatable bonds is 3. The van der Waals surface area contributed by atoms with Crippen LogP contribution in [0.25, 0.3) is 5.57 Å². The van der Waals surface area contributed by atoms with Crippen LogP contribution in [0.5, 0.6) is 5.75 Å². The normalized spacial score (nSPS) is 18.0. The molecule has 0 saturated heterocycles. The zero-order chi connectivity index (χ0) is 12.4. The molecule has 1 heteroatoms. The molecule has 18 heavy (non-hydrogen) atoms. The third-order valence-corrected chi connectivity index (χ3v) is 3.59. The van der Waals surface area contributed by atoms with E-state index >= 15 is 0 Å². The second kappa shape index (κ2) is 4.69. The molecule has 0 heterocycles. The summed E-state index contributed by atoms with van der Waals surface area (Å²) in [6.07, 6.45) is 4.55. The molecule has 1 aliphatic carbocycles. The molecule has 0 amide bonds. The van der Waals surface area contributed by atoms with E-state index in [1.54, 1.807) is 12.1 Å². The lowest BCUT2D eigenvalue weighted by Crippen LogP contribution is -2.14. The third kappa shape index (κ3) is 2.17. The van der Waals surface area contributed by atoms with Crippen molar-refractivity contribution in [3.05, 3.63) is 71.8 Å². The van der Waals surface area contributed by atoms with E-state index in [-0.39, 0.29) is 0 Å². The van der Waals surface area contributed by atoms with Crippen LogP contribution in [0.1, 0.15) is 17.5 Å². The van der Waals surface area contributed by atoms with Gasteiger partial charge in [0, 0.05) is 0 Å². The van der Waals surface area contributed by atoms with Crippen LogP contribution in [-0.4, -0.2) is 5.11 Å². The van der Waals surface area contributed by atoms with Crippen LogP contribution in [0.15, 0.2) is 60.7 Å². The van der Waals surface area contributed by atoms with Crippen molar-refractivity contribution in [2.45, 2.75) is 12.8 Å². The van der Waals surface area contributed by atoms with Crippen LogP contribution in [0, 0.1) is 5.92 Å². The fourth-order valence-electron chi connectivity index (χ4n) is 2.50. The Kier molecular flexibility index (Phi) is 2.89. The van der Waals surface area contributed by atoms with Gasteiger partial charge in [0.2, 0.25) is 0 Å². The number of benzene rings is 2. The summed E-state index contributed by atoms with van der Waals surface area (Å²) in [7, 11) is 0. The molecule has 90 valence electrons. The van der Waals surface area contributed by atoms with Gasteiger partial charge in [-0.1, -0.05) is 48.5 Å². The first kappa shape index (κ1) is 11.1. The Morgan fingerprint density at radius 3 is 2.28 bits per heavy atom. The van der Waals surface area contributed by atoms with Gasteiger partial charge in [0.05, 0.1) is 0 Å². The molecule has 0 aromatic heterocycles. The van der Waals surface area contributed by atoms with Gasteiger partial charge in [0.15, 0.2) is 0 Å². The molecule has 1 N–H and O–H groups in total. The van der Waals surface area contributed by atoms with Crippen LogP contribution in [0.2, 0.25) is 0 Å². The average molecular weight is 236 g/mol. The third-order valence-electron chi connectivity index (χ3n) is 3.59. The van der Waals surface area contributed by atoms with Gasteiger partial charge in [-0.05, 0) is 47.6 Å². The number of hydrogen-bond donors (Lipinski definition) is 1. The van der Waals surface area contributed by atoms with E-state index in [0.717, 1.165) is 12.8 Å². The molecule has 2 aromatic rings. The molecule has 0 fully saturated rings. The molecule has 0 aliphatic heterocycles. The molecule has 0 saturated carbocycles. The van der Waals surface area contributed by atoms with Gasteiger partial charge >= 0.3 is 0 Å². The monoisotopic (exact) mass is 236 g/mol. The summed E-state index contributed by atoms with van der Waals surface area (Å²) >= 11 is 0. The van der Waals surface area contributed by atoms with Gasteiger partial charge in [-0.25, -0.2) is 0 Å². The molecule has 0 spiro atoms. The van der Waals surface area contributed by atoms with Gasteiger partial charge < -0.3 is 5.11 Å². The van der Waals surface area contributed by atoms with Crippen LogP contribution in [0.4, 0.5) is 0 Å². The molecular formula is C17H16O. The molecule has 0 radical (unpaired) electrons. The van der Waals surface area contributed by atoms with Crippen LogP contribution < -0.4 is 0 Å². The van der Waals surface area contributed by atoms with E-state index in [0.29, 0.717) is 11.7 Å². The van der Waals surface area contributed by atoms with E-state index in [1.165, 1.54) is 16.7 Å². The van der Waals surface area contributed by atoms with Crippen LogP contribution >= 0.6 is 0 Å². The first-order chi connectivity index (χ1) is 8.83. The molecule has 1 nitrogen and oxygen atoms in total. The van der Waals surface area contributed by atoms with Gasteiger partial charge in [0.25, 0.3) is 0 Å². The van der Waals surface area contributed by atoms with Crippen molar-refractivity contribution in [1.82, 2.24) is 0 Å². The van der Waals surface area contributed by atoms with Crippen molar-refractivity contribution >= 4 is 5.57 Å². The lowest BCUT2D eigenvalue weighted by Gasteiger charge is -2.28. The largest absolute Gasteiger partial charge is 0.508 e. The summed E-state index contributed by atoms with van der Waals surface area (Å²) in [5.74, 6) is 0.954. The SMILES string of the molecule is Oc1ccc(C2=CCC2Cc2ccccc2)cc1. The molecule has 2 aromatic carbocycles. The highest BCUT2D eigenvalue weighted by atomic mass is 16.3. The van der Waals surface area contributed by atoms with E-state index in [9.17, 15) is 5.11 Å². The summed E-state index contributed by atoms with van der Waals surface area (Å²) in [6, 6.07) is 18.1. The Balaban J connectivity index is 1.74. The highest BCUT2D eigenvalue weighted by Crippen LogP contribution is 2.38. The standard InChI is InChI=1S/C17H16O/c18-16-9-6-14(7-10-16)17-11-8-15(17)12-13-4-2-1-3-5-13/h1-7,9-11,15,18H,8,12H2. The number of phenolic OH excluding ortho intramolecular Hbond substituents is 1. The number of phenols is 1. The summed E-state index contributed by atoms with van der Waals surface area (Å²) in [4.78, 5) is 0. The van der Waals surface area contributed by atoms with Crippen LogP contribution in [0.3, 0.4) is 0 Å². The van der Waals surface area contributed by atoms with Crippen molar-refractivity contribution in [1.29, 1.82) is 0 Å². The average Bonchev–Trinajstić information content (AvgIpc) is 2.39. The highest BCUT2D eigenvalue weighted by Gasteiger charge is 2.22. The van der Waals surface area contributed by atoms with Gasteiger partial charge in [-0.3, -0.25) is 0 Å². The zero-order valence-corrected chi connectivity index (χ0v) is 10.2. The number of hydrogen-bond acceptors (Lipinski definition) is 1. The van der Waals surface area contributed by atoms with E-state index in [1.807, 2.05) is 12.1 Å². The Morgan fingerprint density at radius 2 is 1.67 bits per heavy atom. The van der Waals surface area contributed by atoms with E-state index < -0.39 is 0 Å². The van der Waals surface area contributed by atoms with E-state index in [2.05, 4.69) is 36.4 Å². The Morgan fingerprint density at radius 1 is 0.944 bits per heavy atom. The van der Waals surface area contributed by atoms with Crippen molar-refractivity contribution in [2.24, 2.45) is 5.92 Å². The van der Waals surface area contributed by atoms with Crippen molar-refractivity contribution in [2.75, 3.05) is 0 Å². The predicted molar refractivity (Wildman–Crippen MR) is 74.3 cm³/mol. The maximum atomic E-state index is 9.31. The Bertz CT molecular complexity index is 552. The fraction of sp³-hybridized carbons (Fsp3) is 0.176. The molecule has 3 rings (SSSR count). The molecule has 0 bridgehead atoms. The quantitative estimate of drug-likeness (QED) is 0.852. The topological polar surface area (TPSA) is 20.2 Å². The molecular weight excluding hydrogens is 220 g/mol. The smallest absolute Gasteiger partial charge is 0.115 e. The maximum absolute atomic E-state index is 9.31. The van der Waals surface area contributed by atoms with Crippen molar-refractivity contribution < 1.29 is 5.11 Å². The first-order valence-electron chi connectivity index (χ1n) is 6.36.